The number of piperazine rings is 1. The number of anilines is 1. The molecule has 32 heavy (non-hydrogen) atoms. The van der Waals surface area contributed by atoms with Gasteiger partial charge in [0.15, 0.2) is 0 Å². The van der Waals surface area contributed by atoms with E-state index in [0.29, 0.717) is 18.7 Å². The number of carbonyl (C=O) groups excluding carboxylic acids is 1. The maximum absolute atomic E-state index is 13.2. The lowest BCUT2D eigenvalue weighted by atomic mass is 10.1. The zero-order valence-corrected chi connectivity index (χ0v) is 19.5. The number of methoxy groups -OCH3 is 1. The summed E-state index contributed by atoms with van der Waals surface area (Å²) in [6.07, 6.45) is 3.73. The SMILES string of the molecule is COc1ccc(C(=O)N2CCN(c3cccc(C)c3)CC2)cc1S(=O)(=O)NC1CCCC1. The molecule has 1 saturated carbocycles. The van der Waals surface area contributed by atoms with Gasteiger partial charge in [-0.2, -0.15) is 0 Å². The van der Waals surface area contributed by atoms with E-state index in [-0.39, 0.29) is 22.6 Å². The lowest BCUT2D eigenvalue weighted by Crippen LogP contribution is -2.48. The number of sulfonamides is 1. The van der Waals surface area contributed by atoms with Crippen LogP contribution in [0.25, 0.3) is 0 Å². The Morgan fingerprint density at radius 1 is 1.03 bits per heavy atom. The second kappa shape index (κ2) is 9.50. The van der Waals surface area contributed by atoms with E-state index in [0.717, 1.165) is 44.5 Å². The van der Waals surface area contributed by atoms with E-state index in [1.807, 2.05) is 6.07 Å². The van der Waals surface area contributed by atoms with Gasteiger partial charge >= 0.3 is 0 Å². The first-order chi connectivity index (χ1) is 15.4. The van der Waals surface area contributed by atoms with E-state index in [2.05, 4.69) is 34.7 Å². The molecule has 2 fully saturated rings. The van der Waals surface area contributed by atoms with Gasteiger partial charge in [-0.1, -0.05) is 25.0 Å². The van der Waals surface area contributed by atoms with Crippen LogP contribution in [0.4, 0.5) is 5.69 Å². The molecule has 0 unspecified atom stereocenters. The molecule has 0 bridgehead atoms. The van der Waals surface area contributed by atoms with Crippen LogP contribution in [0.2, 0.25) is 0 Å². The summed E-state index contributed by atoms with van der Waals surface area (Å²) in [5.41, 5.74) is 2.73. The van der Waals surface area contributed by atoms with Crippen molar-refractivity contribution in [2.45, 2.75) is 43.5 Å². The Morgan fingerprint density at radius 3 is 2.41 bits per heavy atom. The van der Waals surface area contributed by atoms with Crippen molar-refractivity contribution >= 4 is 21.6 Å². The van der Waals surface area contributed by atoms with Crippen LogP contribution in [0, 0.1) is 6.92 Å². The number of hydrogen-bond donors (Lipinski definition) is 1. The largest absolute Gasteiger partial charge is 0.495 e. The third kappa shape index (κ3) is 4.91. The normalized spacial score (nSPS) is 17.6. The summed E-state index contributed by atoms with van der Waals surface area (Å²) in [6, 6.07) is 12.9. The fourth-order valence-electron chi connectivity index (χ4n) is 4.52. The van der Waals surface area contributed by atoms with Crippen LogP contribution in [-0.4, -0.2) is 58.6 Å². The second-order valence-corrected chi connectivity index (χ2v) is 10.3. The van der Waals surface area contributed by atoms with Gasteiger partial charge in [-0.25, -0.2) is 13.1 Å². The van der Waals surface area contributed by atoms with Crippen LogP contribution in [0.3, 0.4) is 0 Å². The highest BCUT2D eigenvalue weighted by molar-refractivity contribution is 7.89. The summed E-state index contributed by atoms with van der Waals surface area (Å²) in [6.45, 7) is 4.71. The van der Waals surface area contributed by atoms with Crippen molar-refractivity contribution in [2.75, 3.05) is 38.2 Å². The molecule has 1 heterocycles. The molecule has 7 nitrogen and oxygen atoms in total. The van der Waals surface area contributed by atoms with Gasteiger partial charge in [0.25, 0.3) is 5.91 Å². The smallest absolute Gasteiger partial charge is 0.254 e. The summed E-state index contributed by atoms with van der Waals surface area (Å²) in [5.74, 6) is 0.0881. The van der Waals surface area contributed by atoms with Crippen molar-refractivity contribution in [1.82, 2.24) is 9.62 Å². The van der Waals surface area contributed by atoms with E-state index >= 15 is 0 Å². The lowest BCUT2D eigenvalue weighted by molar-refractivity contribution is 0.0746. The predicted octanol–water partition coefficient (Wildman–Crippen LogP) is 3.19. The Morgan fingerprint density at radius 2 is 1.75 bits per heavy atom. The molecule has 0 radical (unpaired) electrons. The van der Waals surface area contributed by atoms with Crippen LogP contribution < -0.4 is 14.4 Å². The highest BCUT2D eigenvalue weighted by Crippen LogP contribution is 2.28. The van der Waals surface area contributed by atoms with Crippen molar-refractivity contribution in [2.24, 2.45) is 0 Å². The second-order valence-electron chi connectivity index (χ2n) is 8.59. The third-order valence-corrected chi connectivity index (χ3v) is 7.85. The number of nitrogens with one attached hydrogen (secondary N) is 1. The topological polar surface area (TPSA) is 79.0 Å². The van der Waals surface area contributed by atoms with Gasteiger partial charge in [-0.3, -0.25) is 4.79 Å². The molecule has 4 rings (SSSR count). The molecule has 2 aromatic carbocycles. The maximum atomic E-state index is 13.2. The number of carbonyl (C=O) groups is 1. The highest BCUT2D eigenvalue weighted by Gasteiger charge is 2.28. The van der Waals surface area contributed by atoms with Crippen molar-refractivity contribution in [3.8, 4) is 5.75 Å². The number of benzene rings is 2. The summed E-state index contributed by atoms with van der Waals surface area (Å²) >= 11 is 0. The van der Waals surface area contributed by atoms with Crippen LogP contribution >= 0.6 is 0 Å². The van der Waals surface area contributed by atoms with Gasteiger partial charge in [-0.05, 0) is 55.7 Å². The molecule has 172 valence electrons. The van der Waals surface area contributed by atoms with Gasteiger partial charge in [-0.15, -0.1) is 0 Å². The average molecular weight is 458 g/mol. The van der Waals surface area contributed by atoms with Gasteiger partial charge in [0.2, 0.25) is 10.0 Å². The molecule has 0 atom stereocenters. The standard InChI is InChI=1S/C24H31N3O4S/c1-18-6-5-9-21(16-18)26-12-14-27(15-13-26)24(28)19-10-11-22(31-2)23(17-19)32(29,30)25-20-7-3-4-8-20/h5-6,9-11,16-17,20,25H,3-4,7-8,12-15H2,1-2H3. The first-order valence-corrected chi connectivity index (χ1v) is 12.7. The molecule has 1 N–H and O–H groups in total. The molecule has 1 saturated heterocycles. The maximum Gasteiger partial charge on any atom is 0.254 e. The summed E-state index contributed by atoms with van der Waals surface area (Å²) in [7, 11) is -2.34. The fraction of sp³-hybridized carbons (Fsp3) is 0.458. The van der Waals surface area contributed by atoms with Crippen molar-refractivity contribution < 1.29 is 17.9 Å². The first-order valence-electron chi connectivity index (χ1n) is 11.2. The van der Waals surface area contributed by atoms with E-state index in [4.69, 9.17) is 4.74 Å². The van der Waals surface area contributed by atoms with Crippen LogP contribution in [-0.2, 0) is 10.0 Å². The van der Waals surface area contributed by atoms with Gasteiger partial charge < -0.3 is 14.5 Å². The Balaban J connectivity index is 1.49. The number of ether oxygens (including phenoxy) is 1. The molecule has 8 heteroatoms. The molecule has 2 aliphatic rings. The zero-order chi connectivity index (χ0) is 22.7. The zero-order valence-electron chi connectivity index (χ0n) is 18.7. The average Bonchev–Trinajstić information content (AvgIpc) is 3.30. The molecule has 1 aliphatic carbocycles. The number of aryl methyl sites for hydroxylation is 1. The summed E-state index contributed by atoms with van der Waals surface area (Å²) in [5, 5.41) is 0. The van der Waals surface area contributed by atoms with Crippen LogP contribution in [0.1, 0.15) is 41.6 Å². The molecule has 0 aromatic heterocycles. The number of amides is 1. The van der Waals surface area contributed by atoms with Crippen LogP contribution in [0.15, 0.2) is 47.4 Å². The fourth-order valence-corrected chi connectivity index (χ4v) is 6.02. The molecular weight excluding hydrogens is 426 g/mol. The molecule has 0 spiro atoms. The molecule has 1 amide bonds. The minimum atomic E-state index is -3.78. The Hall–Kier alpha value is -2.58. The monoisotopic (exact) mass is 457 g/mol. The highest BCUT2D eigenvalue weighted by atomic mass is 32.2. The van der Waals surface area contributed by atoms with Crippen molar-refractivity contribution in [1.29, 1.82) is 0 Å². The molecule has 2 aromatic rings. The van der Waals surface area contributed by atoms with Crippen molar-refractivity contribution in [3.05, 3.63) is 53.6 Å². The van der Waals surface area contributed by atoms with Gasteiger partial charge in [0.1, 0.15) is 10.6 Å². The van der Waals surface area contributed by atoms with Gasteiger partial charge in [0.05, 0.1) is 7.11 Å². The Bertz CT molecular complexity index is 1070. The minimum absolute atomic E-state index is 0.0242. The number of hydrogen-bond acceptors (Lipinski definition) is 5. The first kappa shape index (κ1) is 22.6. The minimum Gasteiger partial charge on any atom is -0.495 e. The van der Waals surface area contributed by atoms with E-state index < -0.39 is 10.0 Å². The van der Waals surface area contributed by atoms with Crippen molar-refractivity contribution in [3.63, 3.8) is 0 Å². The van der Waals surface area contributed by atoms with E-state index in [1.54, 1.807) is 17.0 Å². The van der Waals surface area contributed by atoms with Crippen LogP contribution in [0.5, 0.6) is 5.75 Å². The summed E-state index contributed by atoms with van der Waals surface area (Å²) < 4.78 is 34.1. The van der Waals surface area contributed by atoms with Gasteiger partial charge in [0, 0.05) is 43.5 Å². The predicted molar refractivity (Wildman–Crippen MR) is 125 cm³/mol. The Kier molecular flexibility index (Phi) is 6.71. The summed E-state index contributed by atoms with van der Waals surface area (Å²) in [4.78, 5) is 17.3. The Labute approximate surface area is 190 Å². The molecular formula is C24H31N3O4S. The lowest BCUT2D eigenvalue weighted by Gasteiger charge is -2.36. The third-order valence-electron chi connectivity index (χ3n) is 6.31. The molecule has 1 aliphatic heterocycles. The van der Waals surface area contributed by atoms with E-state index in [9.17, 15) is 13.2 Å². The number of rotatable bonds is 6. The number of nitrogens with zero attached hydrogens (tertiary/aromatic N) is 2. The quantitative estimate of drug-likeness (QED) is 0.721. The van der Waals surface area contributed by atoms with E-state index in [1.165, 1.54) is 18.7 Å².